The van der Waals surface area contributed by atoms with E-state index in [9.17, 15) is 4.79 Å². The fraction of sp³-hybridized carbons (Fsp3) is 0.200. The number of aryl methyl sites for hydroxylation is 1. The average molecular weight is 360 g/mol. The highest BCUT2D eigenvalue weighted by Gasteiger charge is 2.20. The summed E-state index contributed by atoms with van der Waals surface area (Å²) in [6.45, 7) is 4.13. The third-order valence-electron chi connectivity index (χ3n) is 4.54. The molecule has 1 aromatic carbocycles. The second kappa shape index (κ2) is 7.03. The molecular formula is C20H20N6O. The van der Waals surface area contributed by atoms with E-state index in [1.165, 1.54) is 0 Å². The molecule has 0 fully saturated rings. The number of rotatable bonds is 5. The molecule has 0 saturated heterocycles. The Hall–Kier alpha value is -3.48. The maximum Gasteiger partial charge on any atom is 0.260 e. The molecule has 3 aromatic heterocycles. The number of fused-ring (bicyclic) bond motifs is 1. The first-order valence-corrected chi connectivity index (χ1v) is 8.91. The van der Waals surface area contributed by atoms with Crippen LogP contribution >= 0.6 is 0 Å². The Morgan fingerprint density at radius 3 is 2.89 bits per heavy atom. The summed E-state index contributed by atoms with van der Waals surface area (Å²) in [5.41, 5.74) is 4.32. The van der Waals surface area contributed by atoms with Gasteiger partial charge in [0.2, 0.25) is 0 Å². The Morgan fingerprint density at radius 1 is 1.22 bits per heavy atom. The Morgan fingerprint density at radius 2 is 2.07 bits per heavy atom. The number of pyridine rings is 1. The molecule has 0 unspecified atom stereocenters. The minimum absolute atomic E-state index is 0.219. The summed E-state index contributed by atoms with van der Waals surface area (Å²) in [6.07, 6.45) is 6.64. The molecule has 3 heterocycles. The molecule has 0 aliphatic rings. The van der Waals surface area contributed by atoms with Gasteiger partial charge in [-0.3, -0.25) is 14.9 Å². The molecule has 0 atom stereocenters. The number of nitrogens with one attached hydrogen (secondary N) is 2. The second-order valence-electron chi connectivity index (χ2n) is 6.40. The van der Waals surface area contributed by atoms with E-state index in [0.717, 1.165) is 40.7 Å². The lowest BCUT2D eigenvalue weighted by Gasteiger charge is -2.11. The van der Waals surface area contributed by atoms with E-state index in [4.69, 9.17) is 0 Å². The molecule has 0 aliphatic carbocycles. The van der Waals surface area contributed by atoms with Crippen molar-refractivity contribution in [2.24, 2.45) is 0 Å². The van der Waals surface area contributed by atoms with Gasteiger partial charge < -0.3 is 5.32 Å². The minimum Gasteiger partial charge on any atom is -0.304 e. The van der Waals surface area contributed by atoms with Crippen molar-refractivity contribution in [3.8, 4) is 5.69 Å². The van der Waals surface area contributed by atoms with Gasteiger partial charge in [-0.15, -0.1) is 0 Å². The van der Waals surface area contributed by atoms with Gasteiger partial charge in [-0.1, -0.05) is 31.5 Å². The highest BCUT2D eigenvalue weighted by Crippen LogP contribution is 2.23. The number of hydrogen-bond acceptors (Lipinski definition) is 4. The van der Waals surface area contributed by atoms with Crippen LogP contribution in [0.5, 0.6) is 0 Å². The monoisotopic (exact) mass is 360 g/mol. The van der Waals surface area contributed by atoms with Crippen molar-refractivity contribution in [2.75, 3.05) is 5.32 Å². The summed E-state index contributed by atoms with van der Waals surface area (Å²) < 4.78 is 1.86. The summed E-state index contributed by atoms with van der Waals surface area (Å²) in [5.74, 6) is 0.270. The zero-order chi connectivity index (χ0) is 18.8. The quantitative estimate of drug-likeness (QED) is 0.568. The van der Waals surface area contributed by atoms with Crippen LogP contribution in [0.15, 0.2) is 48.9 Å². The maximum absolute atomic E-state index is 12.9. The predicted molar refractivity (Wildman–Crippen MR) is 104 cm³/mol. The lowest BCUT2D eigenvalue weighted by Crippen LogP contribution is -2.15. The molecule has 2 N–H and O–H groups in total. The zero-order valence-corrected chi connectivity index (χ0v) is 15.2. The molecule has 27 heavy (non-hydrogen) atoms. The van der Waals surface area contributed by atoms with Crippen LogP contribution in [0.25, 0.3) is 16.6 Å². The summed E-state index contributed by atoms with van der Waals surface area (Å²) >= 11 is 0. The van der Waals surface area contributed by atoms with Crippen LogP contribution in [0.4, 0.5) is 5.82 Å². The van der Waals surface area contributed by atoms with E-state index in [1.807, 2.05) is 41.9 Å². The van der Waals surface area contributed by atoms with E-state index in [1.54, 1.807) is 18.6 Å². The SMILES string of the molecule is CCCc1c(C(=O)Nc2n[nH]c3cnccc23)cnn1-c1ccccc1C. The molecular weight excluding hydrogens is 340 g/mol. The van der Waals surface area contributed by atoms with Crippen LogP contribution in [0.2, 0.25) is 0 Å². The summed E-state index contributed by atoms with van der Waals surface area (Å²) in [6, 6.07) is 9.84. The number of carbonyl (C=O) groups excluding carboxylic acids is 1. The van der Waals surface area contributed by atoms with Gasteiger partial charge >= 0.3 is 0 Å². The Bertz CT molecular complexity index is 1110. The number of amides is 1. The van der Waals surface area contributed by atoms with Crippen LogP contribution in [0, 0.1) is 6.92 Å². The van der Waals surface area contributed by atoms with Crippen LogP contribution in [0.3, 0.4) is 0 Å². The van der Waals surface area contributed by atoms with E-state index in [0.29, 0.717) is 11.4 Å². The third kappa shape index (κ3) is 3.08. The van der Waals surface area contributed by atoms with Crippen molar-refractivity contribution < 1.29 is 4.79 Å². The first-order chi connectivity index (χ1) is 13.2. The number of hydrogen-bond donors (Lipinski definition) is 2. The lowest BCUT2D eigenvalue weighted by atomic mass is 10.1. The van der Waals surface area contributed by atoms with Crippen molar-refractivity contribution in [2.45, 2.75) is 26.7 Å². The minimum atomic E-state index is -0.219. The number of nitrogens with zero attached hydrogens (tertiary/aromatic N) is 4. The maximum atomic E-state index is 12.9. The van der Waals surface area contributed by atoms with Crippen molar-refractivity contribution >= 4 is 22.6 Å². The molecule has 0 aliphatic heterocycles. The molecule has 0 radical (unpaired) electrons. The molecule has 7 heteroatoms. The van der Waals surface area contributed by atoms with Crippen molar-refractivity contribution in [3.05, 3.63) is 65.7 Å². The number of H-pyrrole nitrogens is 1. The fourth-order valence-electron chi connectivity index (χ4n) is 3.19. The highest BCUT2D eigenvalue weighted by molar-refractivity contribution is 6.08. The predicted octanol–water partition coefficient (Wildman–Crippen LogP) is 3.66. The van der Waals surface area contributed by atoms with Crippen LogP contribution in [0.1, 0.15) is 35.0 Å². The summed E-state index contributed by atoms with van der Waals surface area (Å²) in [5, 5.41) is 15.3. The van der Waals surface area contributed by atoms with E-state index in [2.05, 4.69) is 32.5 Å². The van der Waals surface area contributed by atoms with Gasteiger partial charge in [0.1, 0.15) is 0 Å². The van der Waals surface area contributed by atoms with Gasteiger partial charge in [0.25, 0.3) is 5.91 Å². The largest absolute Gasteiger partial charge is 0.304 e. The summed E-state index contributed by atoms with van der Waals surface area (Å²) in [4.78, 5) is 17.0. The first-order valence-electron chi connectivity index (χ1n) is 8.91. The Balaban J connectivity index is 1.71. The Kier molecular flexibility index (Phi) is 4.42. The average Bonchev–Trinajstić information content (AvgIpc) is 3.27. The van der Waals surface area contributed by atoms with Crippen LogP contribution in [-0.4, -0.2) is 30.9 Å². The van der Waals surface area contributed by atoms with Crippen molar-refractivity contribution in [1.82, 2.24) is 25.0 Å². The smallest absolute Gasteiger partial charge is 0.260 e. The van der Waals surface area contributed by atoms with Gasteiger partial charge in [-0.2, -0.15) is 10.2 Å². The van der Waals surface area contributed by atoms with Crippen LogP contribution < -0.4 is 5.32 Å². The lowest BCUT2D eigenvalue weighted by molar-refractivity contribution is 0.102. The van der Waals surface area contributed by atoms with Crippen LogP contribution in [-0.2, 0) is 6.42 Å². The second-order valence-corrected chi connectivity index (χ2v) is 6.40. The van der Waals surface area contributed by atoms with Crippen molar-refractivity contribution in [1.29, 1.82) is 0 Å². The number of aromatic amines is 1. The van der Waals surface area contributed by atoms with Gasteiger partial charge in [-0.05, 0) is 31.0 Å². The normalized spacial score (nSPS) is 11.0. The van der Waals surface area contributed by atoms with E-state index in [-0.39, 0.29) is 5.91 Å². The number of benzene rings is 1. The molecule has 136 valence electrons. The fourth-order valence-corrected chi connectivity index (χ4v) is 3.19. The van der Waals surface area contributed by atoms with Gasteiger partial charge in [0.15, 0.2) is 5.82 Å². The van der Waals surface area contributed by atoms with Gasteiger partial charge in [-0.25, -0.2) is 4.68 Å². The zero-order valence-electron chi connectivity index (χ0n) is 15.2. The topological polar surface area (TPSA) is 88.5 Å². The highest BCUT2D eigenvalue weighted by atomic mass is 16.1. The molecule has 4 rings (SSSR count). The van der Waals surface area contributed by atoms with E-state index < -0.39 is 0 Å². The van der Waals surface area contributed by atoms with Gasteiger partial charge in [0.05, 0.1) is 34.9 Å². The number of carbonyl (C=O) groups is 1. The van der Waals surface area contributed by atoms with Gasteiger partial charge in [0, 0.05) is 11.6 Å². The first kappa shape index (κ1) is 17.0. The molecule has 0 saturated carbocycles. The molecule has 4 aromatic rings. The Labute approximate surface area is 156 Å². The molecule has 7 nitrogen and oxygen atoms in total. The van der Waals surface area contributed by atoms with E-state index >= 15 is 0 Å². The third-order valence-corrected chi connectivity index (χ3v) is 4.54. The number of para-hydroxylation sites is 1. The number of anilines is 1. The summed E-state index contributed by atoms with van der Waals surface area (Å²) in [7, 11) is 0. The standard InChI is InChI=1S/C20H20N6O/c1-3-6-18-15(11-22-26(18)17-8-5-4-7-13(17)2)20(27)23-19-14-9-10-21-12-16(14)24-25-19/h4-5,7-12H,3,6H2,1-2H3,(H2,23,24,25,27). The molecule has 0 spiro atoms. The molecule has 1 amide bonds. The molecule has 0 bridgehead atoms. The number of aromatic nitrogens is 5. The van der Waals surface area contributed by atoms with Crippen molar-refractivity contribution in [3.63, 3.8) is 0 Å².